The van der Waals surface area contributed by atoms with Crippen LogP contribution in [-0.2, 0) is 6.54 Å². The molecular weight excluding hydrogens is 226 g/mol. The highest BCUT2D eigenvalue weighted by atomic mass is 35.5. The van der Waals surface area contributed by atoms with Crippen LogP contribution in [0.3, 0.4) is 0 Å². The Bertz CT molecular complexity index is 515. The molecule has 0 unspecified atom stereocenters. The monoisotopic (exact) mass is 233 g/mol. The molecule has 2 rings (SSSR count). The summed E-state index contributed by atoms with van der Waals surface area (Å²) in [6, 6.07) is 7.18. The lowest BCUT2D eigenvalue weighted by molar-refractivity contribution is 0.954. The van der Waals surface area contributed by atoms with Gasteiger partial charge in [0.15, 0.2) is 0 Å². The molecule has 5 nitrogen and oxygen atoms in total. The molecule has 0 bridgehead atoms. The number of hydrogen-bond donors (Lipinski definition) is 2. The topological polar surface area (TPSA) is 77.4 Å². The van der Waals surface area contributed by atoms with E-state index in [0.717, 1.165) is 5.69 Å². The van der Waals surface area contributed by atoms with Gasteiger partial charge in [0.05, 0.1) is 17.8 Å². The molecule has 0 saturated heterocycles. The summed E-state index contributed by atoms with van der Waals surface area (Å²) in [5.41, 5.74) is 1.23. The zero-order chi connectivity index (χ0) is 11.4. The third kappa shape index (κ3) is 2.30. The molecule has 6 heteroatoms. The first-order valence-corrected chi connectivity index (χ1v) is 4.95. The van der Waals surface area contributed by atoms with Gasteiger partial charge < -0.3 is 5.32 Å². The molecule has 0 aliphatic rings. The Morgan fingerprint density at radius 1 is 1.50 bits per heavy atom. The first kappa shape index (κ1) is 10.5. The summed E-state index contributed by atoms with van der Waals surface area (Å²) in [6.45, 7) is 0.482. The molecule has 1 heterocycles. The Balaban J connectivity index is 2.13. The van der Waals surface area contributed by atoms with E-state index in [4.69, 9.17) is 16.9 Å². The Morgan fingerprint density at radius 2 is 2.38 bits per heavy atom. The van der Waals surface area contributed by atoms with Gasteiger partial charge in [0.1, 0.15) is 18.2 Å². The molecule has 2 N–H and O–H groups in total. The third-order valence-corrected chi connectivity index (χ3v) is 2.25. The molecule has 0 aliphatic carbocycles. The van der Waals surface area contributed by atoms with Gasteiger partial charge in [-0.25, -0.2) is 4.98 Å². The van der Waals surface area contributed by atoms with Crippen molar-refractivity contribution in [3.05, 3.63) is 40.9 Å². The second-order valence-electron chi connectivity index (χ2n) is 3.09. The molecule has 0 fully saturated rings. The first-order chi connectivity index (χ1) is 7.79. The van der Waals surface area contributed by atoms with Gasteiger partial charge in [0.25, 0.3) is 0 Å². The molecule has 0 atom stereocenters. The number of hydrogen-bond acceptors (Lipinski definition) is 4. The lowest BCUT2D eigenvalue weighted by Crippen LogP contribution is -2.02. The van der Waals surface area contributed by atoms with Gasteiger partial charge in [-0.2, -0.15) is 10.4 Å². The van der Waals surface area contributed by atoms with E-state index in [0.29, 0.717) is 23.0 Å². The zero-order valence-electron chi connectivity index (χ0n) is 8.24. The molecule has 0 amide bonds. The second-order valence-corrected chi connectivity index (χ2v) is 3.52. The fourth-order valence-corrected chi connectivity index (χ4v) is 1.43. The van der Waals surface area contributed by atoms with Crippen LogP contribution in [0.4, 0.5) is 5.69 Å². The van der Waals surface area contributed by atoms with Crippen molar-refractivity contribution in [3.8, 4) is 6.07 Å². The van der Waals surface area contributed by atoms with E-state index in [1.165, 1.54) is 6.33 Å². The average molecular weight is 234 g/mol. The van der Waals surface area contributed by atoms with Crippen LogP contribution in [0.15, 0.2) is 24.5 Å². The van der Waals surface area contributed by atoms with Crippen molar-refractivity contribution in [1.29, 1.82) is 5.26 Å². The van der Waals surface area contributed by atoms with Gasteiger partial charge in [-0.15, -0.1) is 0 Å². The van der Waals surface area contributed by atoms with Crippen molar-refractivity contribution < 1.29 is 0 Å². The molecular formula is C10H8ClN5. The Labute approximate surface area is 97.1 Å². The predicted octanol–water partition coefficient (Wildman–Crippen LogP) is 1.94. The highest BCUT2D eigenvalue weighted by molar-refractivity contribution is 6.30. The SMILES string of the molecule is N#Cc1cc(Cl)ccc1NCc1ncn[nH]1. The van der Waals surface area contributed by atoms with E-state index in [9.17, 15) is 0 Å². The smallest absolute Gasteiger partial charge is 0.143 e. The van der Waals surface area contributed by atoms with Crippen LogP contribution in [-0.4, -0.2) is 15.2 Å². The van der Waals surface area contributed by atoms with Crippen molar-refractivity contribution in [1.82, 2.24) is 15.2 Å². The van der Waals surface area contributed by atoms with Gasteiger partial charge in [0.2, 0.25) is 0 Å². The van der Waals surface area contributed by atoms with Crippen molar-refractivity contribution in [3.63, 3.8) is 0 Å². The van der Waals surface area contributed by atoms with Crippen LogP contribution >= 0.6 is 11.6 Å². The summed E-state index contributed by atoms with van der Waals surface area (Å²) in [4.78, 5) is 3.97. The number of benzene rings is 1. The number of nitrogens with zero attached hydrogens (tertiary/aromatic N) is 3. The molecule has 0 saturated carbocycles. The maximum absolute atomic E-state index is 8.92. The second kappa shape index (κ2) is 4.64. The fraction of sp³-hybridized carbons (Fsp3) is 0.100. The van der Waals surface area contributed by atoms with Crippen LogP contribution in [0.2, 0.25) is 5.02 Å². The molecule has 80 valence electrons. The van der Waals surface area contributed by atoms with Crippen LogP contribution in [0.1, 0.15) is 11.4 Å². The van der Waals surface area contributed by atoms with Gasteiger partial charge in [-0.05, 0) is 18.2 Å². The van der Waals surface area contributed by atoms with Crippen molar-refractivity contribution >= 4 is 17.3 Å². The number of nitrogens with one attached hydrogen (secondary N) is 2. The Kier molecular flexibility index (Phi) is 3.03. The highest BCUT2D eigenvalue weighted by Gasteiger charge is 2.03. The van der Waals surface area contributed by atoms with E-state index in [2.05, 4.69) is 26.6 Å². The van der Waals surface area contributed by atoms with E-state index >= 15 is 0 Å². The summed E-state index contributed by atoms with van der Waals surface area (Å²) < 4.78 is 0. The van der Waals surface area contributed by atoms with Crippen molar-refractivity contribution in [2.45, 2.75) is 6.54 Å². The number of anilines is 1. The maximum atomic E-state index is 8.92. The van der Waals surface area contributed by atoms with E-state index in [1.807, 2.05) is 0 Å². The molecule has 0 aliphatic heterocycles. The number of H-pyrrole nitrogens is 1. The molecule has 1 aromatic carbocycles. The van der Waals surface area contributed by atoms with Gasteiger partial charge in [-0.1, -0.05) is 11.6 Å². The summed E-state index contributed by atoms with van der Waals surface area (Å²) in [7, 11) is 0. The molecule has 16 heavy (non-hydrogen) atoms. The fourth-order valence-electron chi connectivity index (χ4n) is 1.26. The molecule has 2 aromatic rings. The molecule has 1 aromatic heterocycles. The van der Waals surface area contributed by atoms with Crippen molar-refractivity contribution in [2.24, 2.45) is 0 Å². The summed E-state index contributed by atoms with van der Waals surface area (Å²) in [6.07, 6.45) is 1.43. The quantitative estimate of drug-likeness (QED) is 0.849. The number of aromatic amines is 1. The summed E-state index contributed by atoms with van der Waals surface area (Å²) in [5.74, 6) is 0.707. The van der Waals surface area contributed by atoms with E-state index < -0.39 is 0 Å². The number of aromatic nitrogens is 3. The average Bonchev–Trinajstić information content (AvgIpc) is 2.80. The number of halogens is 1. The van der Waals surface area contributed by atoms with Gasteiger partial charge in [0, 0.05) is 5.02 Å². The van der Waals surface area contributed by atoms with Crippen LogP contribution in [0, 0.1) is 11.3 Å². The highest BCUT2D eigenvalue weighted by Crippen LogP contribution is 2.19. The Morgan fingerprint density at radius 3 is 3.06 bits per heavy atom. The number of rotatable bonds is 3. The van der Waals surface area contributed by atoms with Crippen molar-refractivity contribution in [2.75, 3.05) is 5.32 Å². The van der Waals surface area contributed by atoms with Crippen LogP contribution < -0.4 is 5.32 Å². The normalized spacial score (nSPS) is 9.75. The summed E-state index contributed by atoms with van der Waals surface area (Å²) >= 11 is 5.79. The lowest BCUT2D eigenvalue weighted by Gasteiger charge is -2.06. The first-order valence-electron chi connectivity index (χ1n) is 4.57. The minimum atomic E-state index is 0.482. The largest absolute Gasteiger partial charge is 0.377 e. The predicted molar refractivity (Wildman–Crippen MR) is 59.9 cm³/mol. The minimum absolute atomic E-state index is 0.482. The molecule has 0 spiro atoms. The van der Waals surface area contributed by atoms with Gasteiger partial charge >= 0.3 is 0 Å². The Hall–Kier alpha value is -2.06. The van der Waals surface area contributed by atoms with Crippen LogP contribution in [0.5, 0.6) is 0 Å². The lowest BCUT2D eigenvalue weighted by atomic mass is 10.2. The molecule has 0 radical (unpaired) electrons. The zero-order valence-corrected chi connectivity index (χ0v) is 8.99. The third-order valence-electron chi connectivity index (χ3n) is 2.01. The van der Waals surface area contributed by atoms with Crippen LogP contribution in [0.25, 0.3) is 0 Å². The van der Waals surface area contributed by atoms with E-state index in [-0.39, 0.29) is 0 Å². The minimum Gasteiger partial charge on any atom is -0.377 e. The maximum Gasteiger partial charge on any atom is 0.143 e. The standard InChI is InChI=1S/C10H8ClN5/c11-8-1-2-9(7(3-8)4-12)13-5-10-14-6-15-16-10/h1-3,6,13H,5H2,(H,14,15,16). The summed E-state index contributed by atoms with van der Waals surface area (Å²) in [5, 5.41) is 19.0. The van der Waals surface area contributed by atoms with Gasteiger partial charge in [-0.3, -0.25) is 5.10 Å². The van der Waals surface area contributed by atoms with E-state index in [1.54, 1.807) is 18.2 Å². The number of nitriles is 1.